The lowest BCUT2D eigenvalue weighted by Gasteiger charge is -2.38. The maximum absolute atomic E-state index is 13.0. The number of hydrogen-bond donors (Lipinski definition) is 0. The van der Waals surface area contributed by atoms with Gasteiger partial charge in [-0.15, -0.1) is 0 Å². The molecule has 0 bridgehead atoms. The van der Waals surface area contributed by atoms with Gasteiger partial charge in [-0.05, 0) is 47.5 Å². The third-order valence-electron chi connectivity index (χ3n) is 5.41. The monoisotopic (exact) mass is 418 g/mol. The summed E-state index contributed by atoms with van der Waals surface area (Å²) in [6.45, 7) is 11.7. The fourth-order valence-electron chi connectivity index (χ4n) is 4.04. The molecule has 3 heterocycles. The quantitative estimate of drug-likeness (QED) is 0.750. The largest absolute Gasteiger partial charge is 0.474 e. The van der Waals surface area contributed by atoms with Crippen molar-refractivity contribution in [3.8, 4) is 5.88 Å². The second-order valence-corrected chi connectivity index (χ2v) is 9.30. The minimum atomic E-state index is -0.531. The van der Waals surface area contributed by atoms with Crippen molar-refractivity contribution in [3.63, 3.8) is 0 Å². The van der Waals surface area contributed by atoms with Crippen LogP contribution >= 0.6 is 0 Å². The highest BCUT2D eigenvalue weighted by Gasteiger charge is 2.34. The molecule has 3 rings (SSSR count). The molecule has 2 aliphatic rings. The molecule has 0 saturated carbocycles. The normalized spacial score (nSPS) is 20.8. The zero-order chi connectivity index (χ0) is 21.9. The van der Waals surface area contributed by atoms with E-state index in [-0.39, 0.29) is 24.0 Å². The van der Waals surface area contributed by atoms with Gasteiger partial charge in [-0.1, -0.05) is 0 Å². The van der Waals surface area contributed by atoms with Gasteiger partial charge in [0.15, 0.2) is 0 Å². The van der Waals surface area contributed by atoms with Crippen LogP contribution in [0.2, 0.25) is 0 Å². The van der Waals surface area contributed by atoms with Gasteiger partial charge in [0.05, 0.1) is 5.92 Å². The van der Waals surface area contributed by atoms with Crippen LogP contribution in [0.1, 0.15) is 58.0 Å². The Morgan fingerprint density at radius 2 is 1.73 bits per heavy atom. The third-order valence-corrected chi connectivity index (χ3v) is 5.41. The summed E-state index contributed by atoms with van der Waals surface area (Å²) in [6.07, 6.45) is 2.90. The molecule has 166 valence electrons. The van der Waals surface area contributed by atoms with Crippen molar-refractivity contribution in [3.05, 3.63) is 17.6 Å². The smallest absolute Gasteiger partial charge is 0.410 e. The SMILES string of the molecule is Cc1cc(OC2CCN(C(=O)C3CCCN(C(=O)OC(C)(C)C)C3)CC2)nc(C)n1. The summed E-state index contributed by atoms with van der Waals surface area (Å²) in [5, 5.41) is 0. The van der Waals surface area contributed by atoms with Crippen LogP contribution in [0.5, 0.6) is 5.88 Å². The minimum Gasteiger partial charge on any atom is -0.474 e. The lowest BCUT2D eigenvalue weighted by atomic mass is 9.95. The zero-order valence-corrected chi connectivity index (χ0v) is 18.8. The van der Waals surface area contributed by atoms with Gasteiger partial charge in [0.1, 0.15) is 17.5 Å². The second kappa shape index (κ2) is 9.18. The number of likely N-dealkylation sites (tertiary alicyclic amines) is 2. The average molecular weight is 419 g/mol. The standard InChI is InChI=1S/C22H34N4O4/c1-15-13-19(24-16(2)23-15)29-18-8-11-25(12-9-18)20(27)17-7-6-10-26(14-17)21(28)30-22(3,4)5/h13,17-18H,6-12,14H2,1-5H3. The Hall–Kier alpha value is -2.38. The first kappa shape index (κ1) is 22.3. The van der Waals surface area contributed by atoms with Gasteiger partial charge in [0.25, 0.3) is 0 Å². The summed E-state index contributed by atoms with van der Waals surface area (Å²) in [5.74, 6) is 1.28. The molecular weight excluding hydrogens is 384 g/mol. The topological polar surface area (TPSA) is 84.9 Å². The van der Waals surface area contributed by atoms with Gasteiger partial charge in [-0.25, -0.2) is 9.78 Å². The second-order valence-electron chi connectivity index (χ2n) is 9.30. The number of nitrogens with zero attached hydrogens (tertiary/aromatic N) is 4. The molecule has 0 radical (unpaired) electrons. The number of rotatable bonds is 3. The van der Waals surface area contributed by atoms with Gasteiger partial charge in [-0.2, -0.15) is 4.98 Å². The van der Waals surface area contributed by atoms with Crippen LogP contribution in [0.25, 0.3) is 0 Å². The minimum absolute atomic E-state index is 0.0485. The van der Waals surface area contributed by atoms with Crippen molar-refractivity contribution in [1.82, 2.24) is 19.8 Å². The molecule has 1 aromatic rings. The first-order valence-corrected chi connectivity index (χ1v) is 10.9. The molecule has 30 heavy (non-hydrogen) atoms. The average Bonchev–Trinajstić information content (AvgIpc) is 2.66. The van der Waals surface area contributed by atoms with E-state index in [1.165, 1.54) is 0 Å². The lowest BCUT2D eigenvalue weighted by Crippen LogP contribution is -2.50. The molecule has 2 saturated heterocycles. The van der Waals surface area contributed by atoms with Crippen molar-refractivity contribution in [2.45, 2.75) is 72.0 Å². The van der Waals surface area contributed by atoms with Gasteiger partial charge >= 0.3 is 6.09 Å². The van der Waals surface area contributed by atoms with Crippen LogP contribution in [-0.4, -0.2) is 69.7 Å². The fourth-order valence-corrected chi connectivity index (χ4v) is 4.04. The Bertz CT molecular complexity index is 749. The van der Waals surface area contributed by atoms with E-state index in [1.807, 2.05) is 45.6 Å². The van der Waals surface area contributed by atoms with Crippen LogP contribution in [0.15, 0.2) is 6.07 Å². The van der Waals surface area contributed by atoms with E-state index < -0.39 is 5.60 Å². The van der Waals surface area contributed by atoms with Crippen LogP contribution in [0, 0.1) is 19.8 Å². The highest BCUT2D eigenvalue weighted by molar-refractivity contribution is 5.80. The molecule has 2 aliphatic heterocycles. The summed E-state index contributed by atoms with van der Waals surface area (Å²) in [7, 11) is 0. The molecule has 8 heteroatoms. The molecule has 1 aromatic heterocycles. The molecule has 1 atom stereocenters. The van der Waals surface area contributed by atoms with Crippen LogP contribution in [0.3, 0.4) is 0 Å². The van der Waals surface area contributed by atoms with Crippen molar-refractivity contribution < 1.29 is 19.1 Å². The van der Waals surface area contributed by atoms with Gasteiger partial charge in [-0.3, -0.25) is 4.79 Å². The predicted molar refractivity (Wildman–Crippen MR) is 112 cm³/mol. The molecule has 0 N–H and O–H groups in total. The number of aryl methyl sites for hydroxylation is 2. The van der Waals surface area contributed by atoms with E-state index in [0.717, 1.165) is 31.4 Å². The number of piperidine rings is 2. The van der Waals surface area contributed by atoms with E-state index in [0.29, 0.717) is 37.9 Å². The maximum atomic E-state index is 13.0. The van der Waals surface area contributed by atoms with Crippen molar-refractivity contribution in [2.75, 3.05) is 26.2 Å². The third kappa shape index (κ3) is 6.06. The Kier molecular flexibility index (Phi) is 6.83. The summed E-state index contributed by atoms with van der Waals surface area (Å²) >= 11 is 0. The van der Waals surface area contributed by atoms with Gasteiger partial charge < -0.3 is 19.3 Å². The highest BCUT2D eigenvalue weighted by atomic mass is 16.6. The van der Waals surface area contributed by atoms with Crippen molar-refractivity contribution in [1.29, 1.82) is 0 Å². The van der Waals surface area contributed by atoms with E-state index >= 15 is 0 Å². The van der Waals surface area contributed by atoms with E-state index in [1.54, 1.807) is 4.90 Å². The molecule has 2 amide bonds. The Morgan fingerprint density at radius 1 is 1.03 bits per heavy atom. The maximum Gasteiger partial charge on any atom is 0.410 e. The van der Waals surface area contributed by atoms with E-state index in [9.17, 15) is 9.59 Å². The molecule has 1 unspecified atom stereocenters. The van der Waals surface area contributed by atoms with Crippen LogP contribution < -0.4 is 4.74 Å². The van der Waals surface area contributed by atoms with E-state index in [2.05, 4.69) is 9.97 Å². The molecular formula is C22H34N4O4. The summed E-state index contributed by atoms with van der Waals surface area (Å²) in [6, 6.07) is 1.85. The van der Waals surface area contributed by atoms with Gasteiger partial charge in [0.2, 0.25) is 11.8 Å². The molecule has 2 fully saturated rings. The number of carbonyl (C=O) groups excluding carboxylic acids is 2. The summed E-state index contributed by atoms with van der Waals surface area (Å²) in [4.78, 5) is 37.6. The van der Waals surface area contributed by atoms with Crippen molar-refractivity contribution >= 4 is 12.0 Å². The summed E-state index contributed by atoms with van der Waals surface area (Å²) in [5.41, 5.74) is 0.355. The van der Waals surface area contributed by atoms with E-state index in [4.69, 9.17) is 9.47 Å². The Morgan fingerprint density at radius 3 is 2.37 bits per heavy atom. The first-order valence-electron chi connectivity index (χ1n) is 10.9. The number of ether oxygens (including phenoxy) is 2. The number of amides is 2. The lowest BCUT2D eigenvalue weighted by molar-refractivity contribution is -0.139. The molecule has 0 aliphatic carbocycles. The fraction of sp³-hybridized carbons (Fsp3) is 0.727. The van der Waals surface area contributed by atoms with Crippen molar-refractivity contribution in [2.24, 2.45) is 5.92 Å². The molecule has 0 aromatic carbocycles. The number of aromatic nitrogens is 2. The van der Waals surface area contributed by atoms with Crippen LogP contribution in [-0.2, 0) is 9.53 Å². The number of carbonyl (C=O) groups is 2. The van der Waals surface area contributed by atoms with Gasteiger partial charge in [0, 0.05) is 50.8 Å². The highest BCUT2D eigenvalue weighted by Crippen LogP contribution is 2.24. The Labute approximate surface area is 178 Å². The summed E-state index contributed by atoms with van der Waals surface area (Å²) < 4.78 is 11.5. The molecule has 0 spiro atoms. The number of hydrogen-bond acceptors (Lipinski definition) is 6. The molecule has 8 nitrogen and oxygen atoms in total. The predicted octanol–water partition coefficient (Wildman–Crippen LogP) is 3.11. The van der Waals surface area contributed by atoms with Crippen LogP contribution in [0.4, 0.5) is 4.79 Å². The Balaban J connectivity index is 1.50. The zero-order valence-electron chi connectivity index (χ0n) is 18.8. The first-order chi connectivity index (χ1) is 14.1.